The highest BCUT2D eigenvalue weighted by molar-refractivity contribution is 7.91. The molecule has 6 heteroatoms. The minimum atomic E-state index is -3.48. The zero-order valence-corrected chi connectivity index (χ0v) is 11.4. The molecule has 1 aliphatic rings. The van der Waals surface area contributed by atoms with Crippen LogP contribution in [0.1, 0.15) is 12.0 Å². The third kappa shape index (κ3) is 2.02. The number of nitrogens with zero attached hydrogens (tertiary/aromatic N) is 2. The van der Waals surface area contributed by atoms with E-state index >= 15 is 0 Å². The molecule has 0 amide bonds. The number of aromatic nitrogens is 2. The largest absolute Gasteiger partial charge is 0.385 e. The van der Waals surface area contributed by atoms with Crippen molar-refractivity contribution in [2.24, 2.45) is 7.05 Å². The number of anilines is 1. The van der Waals surface area contributed by atoms with E-state index in [1.165, 1.54) is 17.1 Å². The Kier molecular flexibility index (Phi) is 2.82. The summed E-state index contributed by atoms with van der Waals surface area (Å²) >= 11 is 0. The second-order valence-corrected chi connectivity index (χ2v) is 6.58. The Bertz CT molecular complexity index is 719. The first-order valence-electron chi connectivity index (χ1n) is 6.18. The standard InChI is InChI=1S/C13H15N3O2S/c1-16-9-10(8-15-16)19(17,18)13-6-2-5-12-11(13)4-3-7-14-12/h2,5-6,8-9,14H,3-4,7H2,1H3. The van der Waals surface area contributed by atoms with Gasteiger partial charge in [-0.2, -0.15) is 5.10 Å². The van der Waals surface area contributed by atoms with Crippen molar-refractivity contribution in [1.82, 2.24) is 9.78 Å². The molecular weight excluding hydrogens is 262 g/mol. The number of sulfone groups is 1. The van der Waals surface area contributed by atoms with Crippen molar-refractivity contribution in [3.05, 3.63) is 36.2 Å². The molecule has 0 atom stereocenters. The molecule has 0 radical (unpaired) electrons. The van der Waals surface area contributed by atoms with E-state index in [9.17, 15) is 8.42 Å². The third-order valence-corrected chi connectivity index (χ3v) is 5.13. The van der Waals surface area contributed by atoms with Crippen LogP contribution in [-0.4, -0.2) is 24.7 Å². The monoisotopic (exact) mass is 277 g/mol. The lowest BCUT2D eigenvalue weighted by Gasteiger charge is -2.20. The van der Waals surface area contributed by atoms with E-state index in [1.54, 1.807) is 19.2 Å². The predicted octanol–water partition coefficient (Wildman–Crippen LogP) is 1.61. The van der Waals surface area contributed by atoms with E-state index in [4.69, 9.17) is 0 Å². The predicted molar refractivity (Wildman–Crippen MR) is 71.9 cm³/mol. The van der Waals surface area contributed by atoms with Gasteiger partial charge in [-0.05, 0) is 30.5 Å². The van der Waals surface area contributed by atoms with Crippen molar-refractivity contribution in [2.75, 3.05) is 11.9 Å². The SMILES string of the molecule is Cn1cc(S(=O)(=O)c2cccc3c2CCCN3)cn1. The van der Waals surface area contributed by atoms with Crippen LogP contribution in [-0.2, 0) is 23.3 Å². The summed E-state index contributed by atoms with van der Waals surface area (Å²) in [5.74, 6) is 0. The Labute approximate surface area is 112 Å². The Hall–Kier alpha value is -1.82. The summed E-state index contributed by atoms with van der Waals surface area (Å²) in [7, 11) is -1.77. The molecule has 0 aliphatic carbocycles. The molecule has 0 saturated heterocycles. The van der Waals surface area contributed by atoms with Crippen LogP contribution < -0.4 is 5.32 Å². The van der Waals surface area contributed by atoms with Gasteiger partial charge >= 0.3 is 0 Å². The number of nitrogens with one attached hydrogen (secondary N) is 1. The Morgan fingerprint density at radius 1 is 1.37 bits per heavy atom. The van der Waals surface area contributed by atoms with Gasteiger partial charge in [0.15, 0.2) is 0 Å². The summed E-state index contributed by atoms with van der Waals surface area (Å²) in [6.45, 7) is 0.892. The molecule has 0 spiro atoms. The quantitative estimate of drug-likeness (QED) is 0.906. The van der Waals surface area contributed by atoms with Crippen molar-refractivity contribution in [2.45, 2.75) is 22.6 Å². The molecule has 1 N–H and O–H groups in total. The topological polar surface area (TPSA) is 64.0 Å². The minimum absolute atomic E-state index is 0.244. The number of aryl methyl sites for hydroxylation is 1. The van der Waals surface area contributed by atoms with Gasteiger partial charge in [0.2, 0.25) is 9.84 Å². The van der Waals surface area contributed by atoms with E-state index in [0.717, 1.165) is 30.6 Å². The first kappa shape index (κ1) is 12.2. The fourth-order valence-corrected chi connectivity index (χ4v) is 3.92. The van der Waals surface area contributed by atoms with Gasteiger partial charge in [-0.3, -0.25) is 4.68 Å². The average Bonchev–Trinajstić information content (AvgIpc) is 2.85. The number of rotatable bonds is 2. The maximum atomic E-state index is 12.6. The van der Waals surface area contributed by atoms with Gasteiger partial charge < -0.3 is 5.32 Å². The van der Waals surface area contributed by atoms with Crippen LogP contribution in [0, 0.1) is 0 Å². The van der Waals surface area contributed by atoms with Gasteiger partial charge in [0, 0.05) is 25.5 Å². The molecule has 0 bridgehead atoms. The smallest absolute Gasteiger partial charge is 0.210 e. The van der Waals surface area contributed by atoms with Crippen LogP contribution in [0.2, 0.25) is 0 Å². The molecule has 1 aromatic heterocycles. The average molecular weight is 277 g/mol. The molecule has 1 aliphatic heterocycles. The third-order valence-electron chi connectivity index (χ3n) is 3.33. The molecular formula is C13H15N3O2S. The lowest BCUT2D eigenvalue weighted by molar-refractivity contribution is 0.594. The normalized spacial score (nSPS) is 14.8. The highest BCUT2D eigenvalue weighted by Gasteiger charge is 2.25. The molecule has 100 valence electrons. The van der Waals surface area contributed by atoms with Gasteiger partial charge in [0.25, 0.3) is 0 Å². The van der Waals surface area contributed by atoms with E-state index in [2.05, 4.69) is 10.4 Å². The Morgan fingerprint density at radius 2 is 2.21 bits per heavy atom. The fraction of sp³-hybridized carbons (Fsp3) is 0.308. The Balaban J connectivity index is 2.17. The van der Waals surface area contributed by atoms with Gasteiger partial charge in [0.05, 0.1) is 11.1 Å². The van der Waals surface area contributed by atoms with Crippen LogP contribution in [0.3, 0.4) is 0 Å². The molecule has 0 fully saturated rings. The van der Waals surface area contributed by atoms with E-state index in [1.807, 2.05) is 6.07 Å². The number of benzene rings is 1. The van der Waals surface area contributed by atoms with Gasteiger partial charge in [0.1, 0.15) is 4.90 Å². The van der Waals surface area contributed by atoms with Crippen molar-refractivity contribution in [1.29, 1.82) is 0 Å². The number of fused-ring (bicyclic) bond motifs is 1. The maximum Gasteiger partial charge on any atom is 0.210 e. The summed E-state index contributed by atoms with van der Waals surface area (Å²) in [5, 5.41) is 7.19. The zero-order valence-electron chi connectivity index (χ0n) is 10.6. The molecule has 5 nitrogen and oxygen atoms in total. The fourth-order valence-electron chi connectivity index (χ4n) is 2.39. The van der Waals surface area contributed by atoms with Crippen molar-refractivity contribution in [3.63, 3.8) is 0 Å². The number of hydrogen-bond donors (Lipinski definition) is 1. The molecule has 2 heterocycles. The second kappa shape index (κ2) is 4.38. The summed E-state index contributed by atoms with van der Waals surface area (Å²) in [6.07, 6.45) is 4.67. The molecule has 3 rings (SSSR count). The van der Waals surface area contributed by atoms with Crippen molar-refractivity contribution >= 4 is 15.5 Å². The van der Waals surface area contributed by atoms with Gasteiger partial charge in [-0.15, -0.1) is 0 Å². The zero-order chi connectivity index (χ0) is 13.5. The van der Waals surface area contributed by atoms with Gasteiger partial charge in [-0.25, -0.2) is 8.42 Å². The first-order valence-corrected chi connectivity index (χ1v) is 7.67. The highest BCUT2D eigenvalue weighted by Crippen LogP contribution is 2.31. The second-order valence-electron chi connectivity index (χ2n) is 4.67. The van der Waals surface area contributed by atoms with Crippen molar-refractivity contribution in [3.8, 4) is 0 Å². The van der Waals surface area contributed by atoms with Crippen LogP contribution >= 0.6 is 0 Å². The van der Waals surface area contributed by atoms with E-state index < -0.39 is 9.84 Å². The van der Waals surface area contributed by atoms with Crippen LogP contribution in [0.15, 0.2) is 40.4 Å². The summed E-state index contributed by atoms with van der Waals surface area (Å²) < 4.78 is 26.8. The Morgan fingerprint density at radius 3 is 2.95 bits per heavy atom. The summed E-state index contributed by atoms with van der Waals surface area (Å²) in [4.78, 5) is 0.638. The van der Waals surface area contributed by atoms with Crippen LogP contribution in [0.4, 0.5) is 5.69 Å². The minimum Gasteiger partial charge on any atom is -0.385 e. The molecule has 19 heavy (non-hydrogen) atoms. The maximum absolute atomic E-state index is 12.6. The molecule has 0 unspecified atom stereocenters. The lowest BCUT2D eigenvalue weighted by Crippen LogP contribution is -2.15. The van der Waals surface area contributed by atoms with E-state index in [-0.39, 0.29) is 4.90 Å². The van der Waals surface area contributed by atoms with Crippen LogP contribution in [0.5, 0.6) is 0 Å². The van der Waals surface area contributed by atoms with E-state index in [0.29, 0.717) is 4.90 Å². The first-order chi connectivity index (χ1) is 9.09. The van der Waals surface area contributed by atoms with Gasteiger partial charge in [-0.1, -0.05) is 6.07 Å². The molecule has 2 aromatic rings. The number of hydrogen-bond acceptors (Lipinski definition) is 4. The van der Waals surface area contributed by atoms with Crippen LogP contribution in [0.25, 0.3) is 0 Å². The lowest BCUT2D eigenvalue weighted by atomic mass is 10.0. The molecule has 0 saturated carbocycles. The van der Waals surface area contributed by atoms with Crippen molar-refractivity contribution < 1.29 is 8.42 Å². The molecule has 1 aromatic carbocycles. The summed E-state index contributed by atoms with van der Waals surface area (Å²) in [5.41, 5.74) is 1.81. The summed E-state index contributed by atoms with van der Waals surface area (Å²) in [6, 6.07) is 5.38. The highest BCUT2D eigenvalue weighted by atomic mass is 32.2.